The van der Waals surface area contributed by atoms with Crippen LogP contribution in [0.2, 0.25) is 5.02 Å². The van der Waals surface area contributed by atoms with Crippen LogP contribution in [0.5, 0.6) is 0 Å². The molecule has 2 N–H and O–H groups in total. The van der Waals surface area contributed by atoms with Crippen molar-refractivity contribution in [2.24, 2.45) is 0 Å². The fourth-order valence-corrected chi connectivity index (χ4v) is 2.24. The molecule has 1 aliphatic heterocycles. The van der Waals surface area contributed by atoms with Crippen molar-refractivity contribution >= 4 is 23.2 Å². The molecule has 0 radical (unpaired) electrons. The Morgan fingerprint density at radius 1 is 1.39 bits per heavy atom. The molecule has 0 spiro atoms. The van der Waals surface area contributed by atoms with E-state index >= 15 is 0 Å². The van der Waals surface area contributed by atoms with E-state index < -0.39 is 5.82 Å². The summed E-state index contributed by atoms with van der Waals surface area (Å²) in [5.41, 5.74) is 0.525. The SMILES string of the molecule is O=C(Nc1ccc(F)c(Cl)c1)C1CCCCCN1. The summed E-state index contributed by atoms with van der Waals surface area (Å²) in [6.07, 6.45) is 4.14. The maximum Gasteiger partial charge on any atom is 0.241 e. The van der Waals surface area contributed by atoms with E-state index in [9.17, 15) is 9.18 Å². The number of hydrogen-bond acceptors (Lipinski definition) is 2. The topological polar surface area (TPSA) is 41.1 Å². The van der Waals surface area contributed by atoms with Crippen LogP contribution in [-0.4, -0.2) is 18.5 Å². The van der Waals surface area contributed by atoms with Gasteiger partial charge in [0.05, 0.1) is 11.1 Å². The van der Waals surface area contributed by atoms with Gasteiger partial charge in [-0.25, -0.2) is 4.39 Å². The largest absolute Gasteiger partial charge is 0.325 e. The van der Waals surface area contributed by atoms with Gasteiger partial charge in [0.1, 0.15) is 5.82 Å². The van der Waals surface area contributed by atoms with E-state index in [1.165, 1.54) is 18.2 Å². The van der Waals surface area contributed by atoms with E-state index in [-0.39, 0.29) is 17.0 Å². The van der Waals surface area contributed by atoms with Crippen LogP contribution in [-0.2, 0) is 4.79 Å². The monoisotopic (exact) mass is 270 g/mol. The lowest BCUT2D eigenvalue weighted by atomic mass is 10.1. The van der Waals surface area contributed by atoms with Crippen LogP contribution < -0.4 is 10.6 Å². The average Bonchev–Trinajstić information content (AvgIpc) is 2.62. The van der Waals surface area contributed by atoms with Crippen molar-refractivity contribution in [1.29, 1.82) is 0 Å². The Balaban J connectivity index is 1.99. The highest BCUT2D eigenvalue weighted by atomic mass is 35.5. The van der Waals surface area contributed by atoms with E-state index in [2.05, 4.69) is 10.6 Å². The fourth-order valence-electron chi connectivity index (χ4n) is 2.06. The molecule has 0 bridgehead atoms. The van der Waals surface area contributed by atoms with Crippen molar-refractivity contribution in [2.75, 3.05) is 11.9 Å². The first-order chi connectivity index (χ1) is 8.66. The molecule has 0 aliphatic carbocycles. The predicted molar refractivity (Wildman–Crippen MR) is 70.3 cm³/mol. The molecule has 0 saturated carbocycles. The zero-order valence-corrected chi connectivity index (χ0v) is 10.8. The number of carbonyl (C=O) groups is 1. The van der Waals surface area contributed by atoms with Gasteiger partial charge in [-0.1, -0.05) is 24.4 Å². The van der Waals surface area contributed by atoms with Crippen LogP contribution in [0.1, 0.15) is 25.7 Å². The predicted octanol–water partition coefficient (Wildman–Crippen LogP) is 2.95. The lowest BCUT2D eigenvalue weighted by molar-refractivity contribution is -0.118. The normalized spacial score (nSPS) is 20.2. The van der Waals surface area contributed by atoms with Gasteiger partial charge in [0.15, 0.2) is 0 Å². The number of halogens is 2. The minimum absolute atomic E-state index is 0.0154. The van der Waals surface area contributed by atoms with Gasteiger partial charge in [-0.2, -0.15) is 0 Å². The number of anilines is 1. The number of benzene rings is 1. The molecule has 5 heteroatoms. The second-order valence-corrected chi connectivity index (χ2v) is 4.88. The zero-order valence-electron chi connectivity index (χ0n) is 10.0. The molecule has 1 unspecified atom stereocenters. The quantitative estimate of drug-likeness (QED) is 0.868. The Bertz CT molecular complexity index is 431. The molecule has 1 saturated heterocycles. The summed E-state index contributed by atoms with van der Waals surface area (Å²) in [6.45, 7) is 0.863. The first kappa shape index (κ1) is 13.3. The van der Waals surface area contributed by atoms with Gasteiger partial charge in [-0.05, 0) is 37.6 Å². The summed E-state index contributed by atoms with van der Waals surface area (Å²) < 4.78 is 13.0. The second kappa shape index (κ2) is 6.16. The Labute approximate surface area is 111 Å². The fraction of sp³-hybridized carbons (Fsp3) is 0.462. The third-order valence-corrected chi connectivity index (χ3v) is 3.35. The molecule has 1 atom stereocenters. The standard InChI is InChI=1S/C13H16ClFN2O/c14-10-8-9(5-6-11(10)15)17-13(18)12-4-2-1-3-7-16-12/h5-6,8,12,16H,1-4,7H2,(H,17,18). The number of rotatable bonds is 2. The smallest absolute Gasteiger partial charge is 0.241 e. The Kier molecular flexibility index (Phi) is 4.55. The summed E-state index contributed by atoms with van der Waals surface area (Å²) in [4.78, 5) is 12.0. The highest BCUT2D eigenvalue weighted by molar-refractivity contribution is 6.31. The second-order valence-electron chi connectivity index (χ2n) is 4.47. The lowest BCUT2D eigenvalue weighted by Crippen LogP contribution is -2.39. The third kappa shape index (κ3) is 3.43. The molecule has 0 aromatic heterocycles. The van der Waals surface area contributed by atoms with Gasteiger partial charge in [0.25, 0.3) is 0 Å². The molecular weight excluding hydrogens is 255 g/mol. The number of nitrogens with one attached hydrogen (secondary N) is 2. The highest BCUT2D eigenvalue weighted by Crippen LogP contribution is 2.20. The maximum absolute atomic E-state index is 13.0. The van der Waals surface area contributed by atoms with Gasteiger partial charge in [0, 0.05) is 5.69 Å². The highest BCUT2D eigenvalue weighted by Gasteiger charge is 2.19. The molecular formula is C13H16ClFN2O. The molecule has 1 heterocycles. The van der Waals surface area contributed by atoms with Gasteiger partial charge in [0.2, 0.25) is 5.91 Å². The summed E-state index contributed by atoms with van der Waals surface area (Å²) in [5.74, 6) is -0.568. The Morgan fingerprint density at radius 2 is 2.22 bits per heavy atom. The molecule has 1 aromatic carbocycles. The first-order valence-corrected chi connectivity index (χ1v) is 6.54. The van der Waals surface area contributed by atoms with Gasteiger partial charge in [-0.15, -0.1) is 0 Å². The van der Waals surface area contributed by atoms with Crippen molar-refractivity contribution in [3.63, 3.8) is 0 Å². The lowest BCUT2D eigenvalue weighted by Gasteiger charge is -2.15. The number of amides is 1. The van der Waals surface area contributed by atoms with Crippen molar-refractivity contribution in [3.05, 3.63) is 29.0 Å². The van der Waals surface area contributed by atoms with Crippen LogP contribution in [0.25, 0.3) is 0 Å². The zero-order chi connectivity index (χ0) is 13.0. The van der Waals surface area contributed by atoms with E-state index in [4.69, 9.17) is 11.6 Å². The van der Waals surface area contributed by atoms with E-state index in [0.717, 1.165) is 32.2 Å². The third-order valence-electron chi connectivity index (χ3n) is 3.06. The maximum atomic E-state index is 13.0. The summed E-state index contributed by atoms with van der Waals surface area (Å²) in [5, 5.41) is 5.98. The molecule has 18 heavy (non-hydrogen) atoms. The molecule has 2 rings (SSSR count). The van der Waals surface area contributed by atoms with Gasteiger partial charge < -0.3 is 10.6 Å². The van der Waals surface area contributed by atoms with E-state index in [1.807, 2.05) is 0 Å². The Morgan fingerprint density at radius 3 is 3.00 bits per heavy atom. The van der Waals surface area contributed by atoms with Gasteiger partial charge in [-0.3, -0.25) is 4.79 Å². The van der Waals surface area contributed by atoms with Crippen LogP contribution in [0.3, 0.4) is 0 Å². The van der Waals surface area contributed by atoms with Gasteiger partial charge >= 0.3 is 0 Å². The summed E-state index contributed by atoms with van der Waals surface area (Å²) >= 11 is 5.67. The Hall–Kier alpha value is -1.13. The first-order valence-electron chi connectivity index (χ1n) is 6.16. The molecule has 1 amide bonds. The van der Waals surface area contributed by atoms with Crippen LogP contribution >= 0.6 is 11.6 Å². The minimum atomic E-state index is -0.484. The minimum Gasteiger partial charge on any atom is -0.325 e. The van der Waals surface area contributed by atoms with Crippen molar-refractivity contribution in [2.45, 2.75) is 31.7 Å². The van der Waals surface area contributed by atoms with Crippen molar-refractivity contribution in [1.82, 2.24) is 5.32 Å². The van der Waals surface area contributed by atoms with Crippen LogP contribution in [0.15, 0.2) is 18.2 Å². The molecule has 1 aliphatic rings. The summed E-state index contributed by atoms with van der Waals surface area (Å²) in [7, 11) is 0. The van der Waals surface area contributed by atoms with Crippen molar-refractivity contribution in [3.8, 4) is 0 Å². The summed E-state index contributed by atoms with van der Waals surface area (Å²) in [6, 6.07) is 4.01. The number of hydrogen-bond donors (Lipinski definition) is 2. The molecule has 1 aromatic rings. The number of carbonyl (C=O) groups excluding carboxylic acids is 1. The molecule has 3 nitrogen and oxygen atoms in total. The average molecular weight is 271 g/mol. The molecule has 98 valence electrons. The molecule has 1 fully saturated rings. The van der Waals surface area contributed by atoms with E-state index in [0.29, 0.717) is 5.69 Å². The van der Waals surface area contributed by atoms with Crippen LogP contribution in [0.4, 0.5) is 10.1 Å². The van der Waals surface area contributed by atoms with E-state index in [1.54, 1.807) is 0 Å². The van der Waals surface area contributed by atoms with Crippen LogP contribution in [0, 0.1) is 5.82 Å². The van der Waals surface area contributed by atoms with Crippen molar-refractivity contribution < 1.29 is 9.18 Å².